The molecule has 1 aromatic rings. The Labute approximate surface area is 157 Å². The van der Waals surface area contributed by atoms with E-state index in [0.717, 1.165) is 18.4 Å². The minimum Gasteiger partial charge on any atom is -0.469 e. The maximum absolute atomic E-state index is 12.5. The lowest BCUT2D eigenvalue weighted by atomic mass is 10.2. The van der Waals surface area contributed by atoms with Gasteiger partial charge in [0.2, 0.25) is 5.91 Å². The van der Waals surface area contributed by atoms with Crippen molar-refractivity contribution < 1.29 is 19.1 Å². The number of carbonyl (C=O) groups is 2. The van der Waals surface area contributed by atoms with Crippen LogP contribution in [-0.2, 0) is 19.1 Å². The first-order valence-electron chi connectivity index (χ1n) is 8.10. The van der Waals surface area contributed by atoms with E-state index < -0.39 is 0 Å². The number of carbonyl (C=O) groups excluding carboxylic acids is 2. The number of esters is 1. The lowest BCUT2D eigenvalue weighted by Gasteiger charge is -2.24. The van der Waals surface area contributed by atoms with Crippen LogP contribution in [0.5, 0.6) is 0 Å². The minimum absolute atomic E-state index is 0.0139. The van der Waals surface area contributed by atoms with E-state index >= 15 is 0 Å². The van der Waals surface area contributed by atoms with E-state index in [1.165, 1.54) is 13.2 Å². The molecule has 1 aliphatic heterocycles. The summed E-state index contributed by atoms with van der Waals surface area (Å²) in [5, 5.41) is 0.890. The van der Waals surface area contributed by atoms with E-state index in [9.17, 15) is 9.59 Å². The quantitative estimate of drug-likeness (QED) is 0.531. The minimum atomic E-state index is -0.349. The highest BCUT2D eigenvalue weighted by Gasteiger charge is 2.22. The molecular formula is C18H21Cl2NO4. The smallest absolute Gasteiger partial charge is 0.307 e. The van der Waals surface area contributed by atoms with Gasteiger partial charge < -0.3 is 14.4 Å². The first-order valence-corrected chi connectivity index (χ1v) is 8.85. The summed E-state index contributed by atoms with van der Waals surface area (Å²) in [6, 6.07) is 5.14. The van der Waals surface area contributed by atoms with Crippen molar-refractivity contribution in [2.75, 3.05) is 26.8 Å². The van der Waals surface area contributed by atoms with Crippen molar-refractivity contribution in [3.63, 3.8) is 0 Å². The fourth-order valence-electron chi connectivity index (χ4n) is 2.54. The fourth-order valence-corrected chi connectivity index (χ4v) is 2.85. The van der Waals surface area contributed by atoms with Gasteiger partial charge in [-0.05, 0) is 36.6 Å². The monoisotopic (exact) mass is 385 g/mol. The van der Waals surface area contributed by atoms with E-state index in [1.807, 2.05) is 0 Å². The predicted octanol–water partition coefficient (Wildman–Crippen LogP) is 3.58. The third kappa shape index (κ3) is 6.34. The van der Waals surface area contributed by atoms with Gasteiger partial charge in [0.1, 0.15) is 0 Å². The molecular weight excluding hydrogens is 365 g/mol. The molecule has 0 bridgehead atoms. The largest absolute Gasteiger partial charge is 0.469 e. The van der Waals surface area contributed by atoms with Crippen molar-refractivity contribution in [2.45, 2.75) is 25.4 Å². The Morgan fingerprint density at radius 2 is 2.16 bits per heavy atom. The van der Waals surface area contributed by atoms with Crippen LogP contribution in [0.25, 0.3) is 6.08 Å². The molecule has 136 valence electrons. The average Bonchev–Trinajstić information content (AvgIpc) is 3.12. The van der Waals surface area contributed by atoms with Crippen molar-refractivity contribution >= 4 is 41.2 Å². The van der Waals surface area contributed by atoms with Crippen LogP contribution in [-0.4, -0.2) is 49.7 Å². The van der Waals surface area contributed by atoms with Gasteiger partial charge in [-0.3, -0.25) is 9.59 Å². The molecule has 7 heteroatoms. The molecule has 1 unspecified atom stereocenters. The second kappa shape index (κ2) is 9.80. The molecule has 25 heavy (non-hydrogen) atoms. The number of hydrogen-bond acceptors (Lipinski definition) is 4. The predicted molar refractivity (Wildman–Crippen MR) is 97.7 cm³/mol. The Balaban J connectivity index is 2.02. The Morgan fingerprint density at radius 3 is 2.80 bits per heavy atom. The molecule has 1 atom stereocenters. The van der Waals surface area contributed by atoms with Crippen molar-refractivity contribution in [2.24, 2.45) is 0 Å². The Hall–Kier alpha value is -1.56. The molecule has 0 radical (unpaired) electrons. The number of nitrogens with zero attached hydrogens (tertiary/aromatic N) is 1. The number of ether oxygens (including phenoxy) is 2. The molecule has 1 saturated heterocycles. The Kier molecular flexibility index (Phi) is 7.75. The molecule has 1 amide bonds. The number of amides is 1. The van der Waals surface area contributed by atoms with Crippen LogP contribution in [0, 0.1) is 0 Å². The summed E-state index contributed by atoms with van der Waals surface area (Å²) in [5.74, 6) is -0.538. The highest BCUT2D eigenvalue weighted by Crippen LogP contribution is 2.23. The summed E-state index contributed by atoms with van der Waals surface area (Å²) in [7, 11) is 1.33. The second-order valence-corrected chi connectivity index (χ2v) is 6.57. The molecule has 0 spiro atoms. The second-order valence-electron chi connectivity index (χ2n) is 5.75. The van der Waals surface area contributed by atoms with Crippen molar-refractivity contribution in [3.05, 3.63) is 39.9 Å². The molecule has 1 fully saturated rings. The summed E-state index contributed by atoms with van der Waals surface area (Å²) in [4.78, 5) is 25.5. The van der Waals surface area contributed by atoms with Gasteiger partial charge in [-0.2, -0.15) is 0 Å². The van der Waals surface area contributed by atoms with Crippen LogP contribution >= 0.6 is 23.2 Å². The first kappa shape index (κ1) is 19.8. The van der Waals surface area contributed by atoms with Crippen molar-refractivity contribution in [1.82, 2.24) is 4.90 Å². The third-order valence-corrected chi connectivity index (χ3v) is 4.67. The SMILES string of the molecule is COC(=O)CCN(CC1CCCO1)C(=O)C=Cc1ccc(Cl)c(Cl)c1. The highest BCUT2D eigenvalue weighted by atomic mass is 35.5. The zero-order chi connectivity index (χ0) is 18.2. The molecule has 0 aromatic heterocycles. The molecule has 2 rings (SSSR count). The van der Waals surface area contributed by atoms with Crippen LogP contribution in [0.15, 0.2) is 24.3 Å². The molecule has 0 N–H and O–H groups in total. The van der Waals surface area contributed by atoms with Gasteiger partial charge in [-0.15, -0.1) is 0 Å². The van der Waals surface area contributed by atoms with E-state index in [-0.39, 0.29) is 30.9 Å². The highest BCUT2D eigenvalue weighted by molar-refractivity contribution is 6.42. The lowest BCUT2D eigenvalue weighted by Crippen LogP contribution is -2.37. The summed E-state index contributed by atoms with van der Waals surface area (Å²) in [5.41, 5.74) is 0.771. The number of methoxy groups -OCH3 is 1. The Bertz CT molecular complexity index is 642. The normalized spacial score (nSPS) is 17.0. The van der Waals surface area contributed by atoms with E-state index in [0.29, 0.717) is 23.2 Å². The van der Waals surface area contributed by atoms with Gasteiger partial charge in [0.05, 0.1) is 29.7 Å². The van der Waals surface area contributed by atoms with Gasteiger partial charge in [-0.25, -0.2) is 0 Å². The summed E-state index contributed by atoms with van der Waals surface area (Å²) in [6.07, 6.45) is 5.20. The van der Waals surface area contributed by atoms with Crippen LogP contribution in [0.2, 0.25) is 10.0 Å². The van der Waals surface area contributed by atoms with Gasteiger partial charge in [0, 0.05) is 25.8 Å². The molecule has 0 aliphatic carbocycles. The first-order chi connectivity index (χ1) is 12.0. The number of benzene rings is 1. The van der Waals surface area contributed by atoms with Crippen LogP contribution in [0.3, 0.4) is 0 Å². The molecule has 1 heterocycles. The van der Waals surface area contributed by atoms with Gasteiger partial charge in [-0.1, -0.05) is 29.3 Å². The zero-order valence-corrected chi connectivity index (χ0v) is 15.6. The standard InChI is InChI=1S/C18H21Cl2NO4/c1-24-18(23)8-9-21(12-14-3-2-10-25-14)17(22)7-5-13-4-6-15(19)16(20)11-13/h4-7,11,14H,2-3,8-10,12H2,1H3. The van der Waals surface area contributed by atoms with Gasteiger partial charge in [0.25, 0.3) is 0 Å². The fraction of sp³-hybridized carbons (Fsp3) is 0.444. The molecule has 1 aromatic carbocycles. The van der Waals surface area contributed by atoms with E-state index in [4.69, 9.17) is 27.9 Å². The maximum atomic E-state index is 12.5. The molecule has 0 saturated carbocycles. The zero-order valence-electron chi connectivity index (χ0n) is 14.0. The molecule has 1 aliphatic rings. The van der Waals surface area contributed by atoms with Crippen molar-refractivity contribution in [3.8, 4) is 0 Å². The number of hydrogen-bond donors (Lipinski definition) is 0. The topological polar surface area (TPSA) is 55.8 Å². The van der Waals surface area contributed by atoms with Crippen LogP contribution < -0.4 is 0 Å². The van der Waals surface area contributed by atoms with E-state index in [2.05, 4.69) is 4.74 Å². The number of halogens is 2. The number of rotatable bonds is 7. The summed E-state index contributed by atoms with van der Waals surface area (Å²) < 4.78 is 10.2. The van der Waals surface area contributed by atoms with Gasteiger partial charge in [0.15, 0.2) is 0 Å². The maximum Gasteiger partial charge on any atom is 0.307 e. The average molecular weight is 386 g/mol. The molecule has 5 nitrogen and oxygen atoms in total. The third-order valence-electron chi connectivity index (χ3n) is 3.94. The van der Waals surface area contributed by atoms with Crippen molar-refractivity contribution in [1.29, 1.82) is 0 Å². The lowest BCUT2D eigenvalue weighted by molar-refractivity contribution is -0.141. The Morgan fingerprint density at radius 1 is 1.36 bits per heavy atom. The van der Waals surface area contributed by atoms with Gasteiger partial charge >= 0.3 is 5.97 Å². The van der Waals surface area contributed by atoms with E-state index in [1.54, 1.807) is 29.2 Å². The summed E-state index contributed by atoms with van der Waals surface area (Å²) in [6.45, 7) is 1.46. The summed E-state index contributed by atoms with van der Waals surface area (Å²) >= 11 is 11.9. The van der Waals surface area contributed by atoms with Crippen LogP contribution in [0.1, 0.15) is 24.8 Å². The van der Waals surface area contributed by atoms with Crippen LogP contribution in [0.4, 0.5) is 0 Å².